The van der Waals surface area contributed by atoms with Crippen molar-refractivity contribution in [3.8, 4) is 11.1 Å². The molecule has 6 heteroatoms. The number of hydrogen-bond acceptors (Lipinski definition) is 4. The van der Waals surface area contributed by atoms with Crippen LogP contribution in [0.4, 0.5) is 0 Å². The average molecular weight is 420 g/mol. The Bertz CT molecular complexity index is 992. The molecule has 0 radical (unpaired) electrons. The van der Waals surface area contributed by atoms with E-state index in [1.165, 1.54) is 0 Å². The molecule has 1 heterocycles. The second-order valence-electron chi connectivity index (χ2n) is 5.90. The quantitative estimate of drug-likeness (QED) is 0.555. The number of nitrogens with zero attached hydrogens (tertiary/aromatic N) is 1. The lowest BCUT2D eigenvalue weighted by Gasteiger charge is -2.10. The minimum atomic E-state index is -3.56. The summed E-state index contributed by atoms with van der Waals surface area (Å²) in [6.07, 6.45) is 0. The van der Waals surface area contributed by atoms with Gasteiger partial charge in [-0.25, -0.2) is 8.42 Å². The Morgan fingerprint density at radius 3 is 2.32 bits per heavy atom. The smallest absolute Gasteiger partial charge is 0.186 e. The highest BCUT2D eigenvalue weighted by molar-refractivity contribution is 9.08. The zero-order valence-corrected chi connectivity index (χ0v) is 16.4. The van der Waals surface area contributed by atoms with Crippen molar-refractivity contribution in [2.45, 2.75) is 29.8 Å². The number of benzene rings is 2. The summed E-state index contributed by atoms with van der Waals surface area (Å²) in [5.41, 5.74) is 4.19. The van der Waals surface area contributed by atoms with E-state index in [0.717, 1.165) is 22.0 Å². The Morgan fingerprint density at radius 2 is 1.72 bits per heavy atom. The van der Waals surface area contributed by atoms with Crippen molar-refractivity contribution in [3.63, 3.8) is 0 Å². The third-order valence-corrected chi connectivity index (χ3v) is 6.53. The van der Waals surface area contributed by atoms with Gasteiger partial charge in [0.25, 0.3) is 0 Å². The Hall–Kier alpha value is -1.92. The predicted octanol–water partition coefficient (Wildman–Crippen LogP) is 4.83. The van der Waals surface area contributed by atoms with Crippen LogP contribution in [-0.2, 0) is 20.9 Å². The number of alkyl halides is 1. The molecule has 0 spiro atoms. The van der Waals surface area contributed by atoms with E-state index >= 15 is 0 Å². The van der Waals surface area contributed by atoms with Crippen molar-refractivity contribution in [1.82, 2.24) is 5.16 Å². The van der Waals surface area contributed by atoms with Gasteiger partial charge in [0.1, 0.15) is 5.75 Å². The highest BCUT2D eigenvalue weighted by Gasteiger charge is 2.23. The largest absolute Gasteiger partial charge is 0.360 e. The molecule has 0 bridgehead atoms. The third-order valence-electron chi connectivity index (χ3n) is 4.22. The van der Waals surface area contributed by atoms with Crippen LogP contribution in [-0.4, -0.2) is 13.6 Å². The summed E-state index contributed by atoms with van der Waals surface area (Å²) in [5.74, 6) is 0.192. The van der Waals surface area contributed by atoms with Crippen LogP contribution in [0.3, 0.4) is 0 Å². The molecule has 0 aliphatic carbocycles. The van der Waals surface area contributed by atoms with Crippen molar-refractivity contribution in [2.24, 2.45) is 0 Å². The van der Waals surface area contributed by atoms with Crippen LogP contribution in [0.1, 0.15) is 22.6 Å². The average Bonchev–Trinajstić information content (AvgIpc) is 2.93. The van der Waals surface area contributed by atoms with Gasteiger partial charge in [0, 0.05) is 16.5 Å². The second-order valence-corrected chi connectivity index (χ2v) is 8.42. The van der Waals surface area contributed by atoms with Crippen LogP contribution in [0.25, 0.3) is 11.1 Å². The molecule has 0 N–H and O–H groups in total. The third kappa shape index (κ3) is 3.70. The number of rotatable bonds is 5. The van der Waals surface area contributed by atoms with E-state index in [0.29, 0.717) is 21.9 Å². The summed E-state index contributed by atoms with van der Waals surface area (Å²) in [6.45, 7) is 3.62. The molecular weight excluding hydrogens is 402 g/mol. The van der Waals surface area contributed by atoms with Crippen LogP contribution in [0.2, 0.25) is 0 Å². The molecule has 0 fully saturated rings. The SMILES string of the molecule is Cc1noc(CS(=O)(=O)c2ccccc2-c2ccc(CBr)cc2)c1C. The Kier molecular flexibility index (Phi) is 5.11. The predicted molar refractivity (Wildman–Crippen MR) is 101 cm³/mol. The van der Waals surface area contributed by atoms with Crippen LogP contribution in [0.5, 0.6) is 0 Å². The van der Waals surface area contributed by atoms with Crippen LogP contribution in [0.15, 0.2) is 57.9 Å². The van der Waals surface area contributed by atoms with E-state index in [1.54, 1.807) is 19.1 Å². The maximum atomic E-state index is 13.0. The van der Waals surface area contributed by atoms with Gasteiger partial charge in [0.2, 0.25) is 0 Å². The summed E-state index contributed by atoms with van der Waals surface area (Å²) in [4.78, 5) is 0.301. The number of aromatic nitrogens is 1. The fourth-order valence-electron chi connectivity index (χ4n) is 2.60. The normalized spacial score (nSPS) is 11.6. The van der Waals surface area contributed by atoms with E-state index in [1.807, 2.05) is 43.3 Å². The van der Waals surface area contributed by atoms with Gasteiger partial charge in [-0.15, -0.1) is 0 Å². The van der Waals surface area contributed by atoms with Gasteiger partial charge >= 0.3 is 0 Å². The topological polar surface area (TPSA) is 60.2 Å². The summed E-state index contributed by atoms with van der Waals surface area (Å²) in [5, 5.41) is 4.61. The van der Waals surface area contributed by atoms with E-state index in [9.17, 15) is 8.42 Å². The van der Waals surface area contributed by atoms with Crippen LogP contribution >= 0.6 is 15.9 Å². The van der Waals surface area contributed by atoms with Crippen molar-refractivity contribution >= 4 is 25.8 Å². The second kappa shape index (κ2) is 7.14. The Balaban J connectivity index is 2.03. The fraction of sp³-hybridized carbons (Fsp3) is 0.211. The fourth-order valence-corrected chi connectivity index (χ4v) is 4.55. The van der Waals surface area contributed by atoms with Gasteiger partial charge in [-0.2, -0.15) is 0 Å². The molecule has 3 rings (SSSR count). The molecule has 4 nitrogen and oxygen atoms in total. The number of aryl methyl sites for hydroxylation is 1. The molecule has 1 aromatic heterocycles. The molecule has 2 aromatic carbocycles. The zero-order chi connectivity index (χ0) is 18.0. The molecule has 0 amide bonds. The number of sulfone groups is 1. The number of hydrogen-bond donors (Lipinski definition) is 0. The van der Waals surface area contributed by atoms with E-state index < -0.39 is 9.84 Å². The molecule has 130 valence electrons. The first-order valence-electron chi connectivity index (χ1n) is 7.81. The summed E-state index contributed by atoms with van der Waals surface area (Å²) >= 11 is 3.42. The zero-order valence-electron chi connectivity index (χ0n) is 14.0. The summed E-state index contributed by atoms with van der Waals surface area (Å²) in [6, 6.07) is 14.9. The van der Waals surface area contributed by atoms with E-state index in [2.05, 4.69) is 21.1 Å². The first kappa shape index (κ1) is 17.9. The maximum absolute atomic E-state index is 13.0. The highest BCUT2D eigenvalue weighted by Crippen LogP contribution is 2.30. The van der Waals surface area contributed by atoms with Gasteiger partial charge in [-0.05, 0) is 31.0 Å². The molecule has 0 saturated carbocycles. The Morgan fingerprint density at radius 1 is 1.04 bits per heavy atom. The van der Waals surface area contributed by atoms with Crippen LogP contribution in [0, 0.1) is 13.8 Å². The molecule has 25 heavy (non-hydrogen) atoms. The van der Waals surface area contributed by atoms with Crippen molar-refractivity contribution in [2.75, 3.05) is 0 Å². The van der Waals surface area contributed by atoms with Crippen molar-refractivity contribution in [1.29, 1.82) is 0 Å². The molecule has 0 saturated heterocycles. The lowest BCUT2D eigenvalue weighted by atomic mass is 10.0. The summed E-state index contributed by atoms with van der Waals surface area (Å²) < 4.78 is 31.2. The van der Waals surface area contributed by atoms with Crippen molar-refractivity contribution < 1.29 is 12.9 Å². The van der Waals surface area contributed by atoms with Gasteiger partial charge < -0.3 is 4.52 Å². The van der Waals surface area contributed by atoms with Crippen molar-refractivity contribution in [3.05, 3.63) is 71.1 Å². The monoisotopic (exact) mass is 419 g/mol. The van der Waals surface area contributed by atoms with E-state index in [4.69, 9.17) is 4.52 Å². The molecule has 0 atom stereocenters. The Labute approximate surface area is 155 Å². The molecule has 0 aliphatic heterocycles. The van der Waals surface area contributed by atoms with Crippen LogP contribution < -0.4 is 0 Å². The molecule has 0 aliphatic rings. The minimum Gasteiger partial charge on any atom is -0.360 e. The first-order chi connectivity index (χ1) is 11.9. The van der Waals surface area contributed by atoms with Gasteiger partial charge in [0.15, 0.2) is 15.6 Å². The standard InChI is InChI=1S/C19H18BrNO3S/c1-13-14(2)21-24-18(13)12-25(22,23)19-6-4-3-5-17(19)16-9-7-15(11-20)8-10-16/h3-10H,11-12H2,1-2H3. The van der Waals surface area contributed by atoms with E-state index in [-0.39, 0.29) is 5.75 Å². The molecular formula is C19H18BrNO3S. The molecule has 3 aromatic rings. The van der Waals surface area contributed by atoms with Gasteiger partial charge in [-0.3, -0.25) is 0 Å². The highest BCUT2D eigenvalue weighted by atomic mass is 79.9. The van der Waals surface area contributed by atoms with Gasteiger partial charge in [-0.1, -0.05) is 63.6 Å². The first-order valence-corrected chi connectivity index (χ1v) is 10.6. The van der Waals surface area contributed by atoms with Gasteiger partial charge in [0.05, 0.1) is 10.6 Å². The summed E-state index contributed by atoms with van der Waals surface area (Å²) in [7, 11) is -3.56. The molecule has 0 unspecified atom stereocenters. The lowest BCUT2D eigenvalue weighted by Crippen LogP contribution is -2.07. The lowest BCUT2D eigenvalue weighted by molar-refractivity contribution is 0.388. The maximum Gasteiger partial charge on any atom is 0.186 e. The number of halogens is 1. The minimum absolute atomic E-state index is 0.198.